The summed E-state index contributed by atoms with van der Waals surface area (Å²) in [7, 11) is 1.78. The number of nitrogens with zero attached hydrogens (tertiary/aromatic N) is 2. The van der Waals surface area contributed by atoms with Crippen molar-refractivity contribution in [3.8, 4) is 0 Å². The van der Waals surface area contributed by atoms with Crippen LogP contribution in [-0.4, -0.2) is 35.9 Å². The third-order valence-corrected chi connectivity index (χ3v) is 4.44. The second-order valence-corrected chi connectivity index (χ2v) is 6.06. The van der Waals surface area contributed by atoms with Crippen LogP contribution in [0.5, 0.6) is 0 Å². The molecule has 1 aliphatic heterocycles. The summed E-state index contributed by atoms with van der Waals surface area (Å²) in [6, 6.07) is 3.50. The maximum Gasteiger partial charge on any atom is 0.274 e. The Bertz CT molecular complexity index is 492. The molecule has 1 aliphatic rings. The van der Waals surface area contributed by atoms with Crippen LogP contribution in [0.1, 0.15) is 49.5 Å². The standard InChI is InChI=1S/C16H24ClN3O/c1-3-5-12-6-4-10-20(11-9-12)16(21)15-13(17)7-8-14(18-2)19-15/h7-8,12H,3-6,9-11H2,1-2H3,(H,18,19). The Kier molecular flexibility index (Phi) is 5.85. The minimum absolute atomic E-state index is 0.0470. The Morgan fingerprint density at radius 3 is 2.95 bits per heavy atom. The lowest BCUT2D eigenvalue weighted by Gasteiger charge is -2.21. The van der Waals surface area contributed by atoms with Crippen molar-refractivity contribution in [2.75, 3.05) is 25.5 Å². The maximum absolute atomic E-state index is 12.7. The second kappa shape index (κ2) is 7.64. The average molecular weight is 310 g/mol. The van der Waals surface area contributed by atoms with Gasteiger partial charge in [0.2, 0.25) is 0 Å². The third-order valence-electron chi connectivity index (χ3n) is 4.14. The van der Waals surface area contributed by atoms with Gasteiger partial charge in [0.25, 0.3) is 5.91 Å². The zero-order valence-electron chi connectivity index (χ0n) is 12.9. The van der Waals surface area contributed by atoms with Gasteiger partial charge in [0.1, 0.15) is 11.5 Å². The van der Waals surface area contributed by atoms with E-state index < -0.39 is 0 Å². The van der Waals surface area contributed by atoms with Crippen LogP contribution in [-0.2, 0) is 0 Å². The van der Waals surface area contributed by atoms with Crippen molar-refractivity contribution >= 4 is 23.3 Å². The van der Waals surface area contributed by atoms with Gasteiger partial charge in [-0.25, -0.2) is 4.98 Å². The van der Waals surface area contributed by atoms with E-state index in [0.717, 1.165) is 31.8 Å². The van der Waals surface area contributed by atoms with Crippen molar-refractivity contribution in [1.29, 1.82) is 0 Å². The Morgan fingerprint density at radius 2 is 2.24 bits per heavy atom. The smallest absolute Gasteiger partial charge is 0.274 e. The number of hydrogen-bond donors (Lipinski definition) is 1. The van der Waals surface area contributed by atoms with Crippen LogP contribution in [0.15, 0.2) is 12.1 Å². The number of aromatic nitrogens is 1. The highest BCUT2D eigenvalue weighted by Crippen LogP contribution is 2.24. The Morgan fingerprint density at radius 1 is 1.43 bits per heavy atom. The molecule has 0 aromatic carbocycles. The van der Waals surface area contributed by atoms with E-state index in [9.17, 15) is 4.79 Å². The van der Waals surface area contributed by atoms with Crippen molar-refractivity contribution in [3.05, 3.63) is 22.8 Å². The topological polar surface area (TPSA) is 45.2 Å². The predicted octanol–water partition coefficient (Wildman–Crippen LogP) is 3.82. The molecule has 1 aromatic heterocycles. The first kappa shape index (κ1) is 16.1. The number of likely N-dealkylation sites (tertiary alicyclic amines) is 1. The number of anilines is 1. The van der Waals surface area contributed by atoms with Gasteiger partial charge in [-0.05, 0) is 37.3 Å². The van der Waals surface area contributed by atoms with Crippen LogP contribution in [0.2, 0.25) is 5.02 Å². The van der Waals surface area contributed by atoms with Gasteiger partial charge in [0.05, 0.1) is 5.02 Å². The molecule has 0 saturated carbocycles. The first-order valence-corrected chi connectivity index (χ1v) is 8.17. The number of halogens is 1. The van der Waals surface area contributed by atoms with Gasteiger partial charge in [0.15, 0.2) is 0 Å². The molecule has 0 bridgehead atoms. The third kappa shape index (κ3) is 4.10. The number of carbonyl (C=O) groups excluding carboxylic acids is 1. The molecule has 1 amide bonds. The molecule has 2 rings (SSSR count). The van der Waals surface area contributed by atoms with E-state index in [1.165, 1.54) is 19.3 Å². The Balaban J connectivity index is 2.09. The molecule has 0 aliphatic carbocycles. The molecule has 0 radical (unpaired) electrons. The molecule has 116 valence electrons. The van der Waals surface area contributed by atoms with Crippen molar-refractivity contribution in [2.45, 2.75) is 39.0 Å². The highest BCUT2D eigenvalue weighted by Gasteiger charge is 2.23. The summed E-state index contributed by atoms with van der Waals surface area (Å²) in [5, 5.41) is 3.37. The van der Waals surface area contributed by atoms with Crippen molar-refractivity contribution in [3.63, 3.8) is 0 Å². The van der Waals surface area contributed by atoms with Crippen LogP contribution in [0.25, 0.3) is 0 Å². The first-order valence-electron chi connectivity index (χ1n) is 7.79. The van der Waals surface area contributed by atoms with Crippen molar-refractivity contribution in [1.82, 2.24) is 9.88 Å². The number of carbonyl (C=O) groups is 1. The van der Waals surface area contributed by atoms with Gasteiger partial charge in [0, 0.05) is 20.1 Å². The van der Waals surface area contributed by atoms with E-state index in [4.69, 9.17) is 11.6 Å². The highest BCUT2D eigenvalue weighted by atomic mass is 35.5. The van der Waals surface area contributed by atoms with E-state index in [1.807, 2.05) is 4.90 Å². The number of amides is 1. The van der Waals surface area contributed by atoms with Gasteiger partial charge < -0.3 is 10.2 Å². The lowest BCUT2D eigenvalue weighted by molar-refractivity contribution is 0.0754. The molecular formula is C16H24ClN3O. The Hall–Kier alpha value is -1.29. The van der Waals surface area contributed by atoms with Gasteiger partial charge in [-0.2, -0.15) is 0 Å². The van der Waals surface area contributed by atoms with E-state index in [-0.39, 0.29) is 5.91 Å². The molecule has 2 heterocycles. The molecule has 1 atom stereocenters. The Labute approximate surface area is 131 Å². The van der Waals surface area contributed by atoms with Crippen LogP contribution in [0, 0.1) is 5.92 Å². The zero-order valence-corrected chi connectivity index (χ0v) is 13.6. The molecular weight excluding hydrogens is 286 g/mol. The molecule has 4 nitrogen and oxygen atoms in total. The van der Waals surface area contributed by atoms with Crippen molar-refractivity contribution in [2.24, 2.45) is 5.92 Å². The molecule has 5 heteroatoms. The lowest BCUT2D eigenvalue weighted by Crippen LogP contribution is -2.33. The van der Waals surface area contributed by atoms with Gasteiger partial charge >= 0.3 is 0 Å². The zero-order chi connectivity index (χ0) is 15.2. The molecule has 1 saturated heterocycles. The highest BCUT2D eigenvalue weighted by molar-refractivity contribution is 6.33. The molecule has 1 N–H and O–H groups in total. The van der Waals surface area contributed by atoms with Crippen LogP contribution in [0.3, 0.4) is 0 Å². The minimum atomic E-state index is -0.0470. The van der Waals surface area contributed by atoms with E-state index in [1.54, 1.807) is 19.2 Å². The molecule has 0 spiro atoms. The number of rotatable bonds is 4. The van der Waals surface area contributed by atoms with E-state index in [0.29, 0.717) is 16.5 Å². The van der Waals surface area contributed by atoms with Crippen molar-refractivity contribution < 1.29 is 4.79 Å². The fourth-order valence-electron chi connectivity index (χ4n) is 2.95. The van der Waals surface area contributed by atoms with Crippen LogP contribution >= 0.6 is 11.6 Å². The number of nitrogens with one attached hydrogen (secondary N) is 1. The summed E-state index contributed by atoms with van der Waals surface area (Å²) >= 11 is 6.15. The fourth-order valence-corrected chi connectivity index (χ4v) is 3.13. The number of hydrogen-bond acceptors (Lipinski definition) is 3. The predicted molar refractivity (Wildman–Crippen MR) is 86.9 cm³/mol. The quantitative estimate of drug-likeness (QED) is 0.919. The van der Waals surface area contributed by atoms with Crippen LogP contribution < -0.4 is 5.32 Å². The minimum Gasteiger partial charge on any atom is -0.373 e. The lowest BCUT2D eigenvalue weighted by atomic mass is 9.96. The molecule has 1 aromatic rings. The van der Waals surface area contributed by atoms with E-state index >= 15 is 0 Å². The van der Waals surface area contributed by atoms with E-state index in [2.05, 4.69) is 17.2 Å². The summed E-state index contributed by atoms with van der Waals surface area (Å²) in [6.07, 6.45) is 5.85. The summed E-state index contributed by atoms with van der Waals surface area (Å²) in [5.41, 5.74) is 0.359. The molecule has 21 heavy (non-hydrogen) atoms. The summed E-state index contributed by atoms with van der Waals surface area (Å²) in [5.74, 6) is 1.37. The molecule has 1 fully saturated rings. The normalized spacial score (nSPS) is 19.2. The largest absolute Gasteiger partial charge is 0.373 e. The number of pyridine rings is 1. The van der Waals surface area contributed by atoms with Gasteiger partial charge in [-0.3, -0.25) is 4.79 Å². The molecule has 1 unspecified atom stereocenters. The SMILES string of the molecule is CCCC1CCCN(C(=O)c2nc(NC)ccc2Cl)CC1. The summed E-state index contributed by atoms with van der Waals surface area (Å²) < 4.78 is 0. The fraction of sp³-hybridized carbons (Fsp3) is 0.625. The van der Waals surface area contributed by atoms with Gasteiger partial charge in [-0.1, -0.05) is 31.4 Å². The first-order chi connectivity index (χ1) is 10.2. The average Bonchev–Trinajstić information content (AvgIpc) is 2.73. The van der Waals surface area contributed by atoms with Gasteiger partial charge in [-0.15, -0.1) is 0 Å². The van der Waals surface area contributed by atoms with Crippen LogP contribution in [0.4, 0.5) is 5.82 Å². The summed E-state index contributed by atoms with van der Waals surface area (Å²) in [6.45, 7) is 3.84. The monoisotopic (exact) mass is 309 g/mol. The maximum atomic E-state index is 12.7. The summed E-state index contributed by atoms with van der Waals surface area (Å²) in [4.78, 5) is 18.9. The second-order valence-electron chi connectivity index (χ2n) is 5.65.